The van der Waals surface area contributed by atoms with E-state index >= 15 is 0 Å². The van der Waals surface area contributed by atoms with E-state index in [0.29, 0.717) is 0 Å². The molecule has 0 saturated heterocycles. The van der Waals surface area contributed by atoms with Gasteiger partial charge in [0.05, 0.1) is 11.3 Å². The van der Waals surface area contributed by atoms with Crippen LogP contribution in [-0.2, 0) is 0 Å². The van der Waals surface area contributed by atoms with Gasteiger partial charge in [-0.05, 0) is 74.8 Å². The summed E-state index contributed by atoms with van der Waals surface area (Å²) in [6.45, 7) is 5.67. The maximum absolute atomic E-state index is 14.8. The summed E-state index contributed by atoms with van der Waals surface area (Å²) in [5, 5.41) is 3.03. The molecule has 0 aliphatic heterocycles. The van der Waals surface area contributed by atoms with Crippen molar-refractivity contribution in [2.45, 2.75) is 51.5 Å². The van der Waals surface area contributed by atoms with Crippen molar-refractivity contribution < 1.29 is 13.6 Å². The largest absolute Gasteiger partial charge is 0.328 e. The van der Waals surface area contributed by atoms with Crippen molar-refractivity contribution in [3.63, 3.8) is 0 Å². The van der Waals surface area contributed by atoms with Crippen LogP contribution in [0, 0.1) is 17.6 Å². The third kappa shape index (κ3) is 5.65. The summed E-state index contributed by atoms with van der Waals surface area (Å²) in [4.78, 5) is 17.6. The van der Waals surface area contributed by atoms with Crippen LogP contribution in [0.25, 0.3) is 17.3 Å². The molecule has 182 valence electrons. The van der Waals surface area contributed by atoms with Gasteiger partial charge >= 0.3 is 0 Å². The zero-order valence-corrected chi connectivity index (χ0v) is 20.0. The maximum atomic E-state index is 14.8. The van der Waals surface area contributed by atoms with Gasteiger partial charge in [0.2, 0.25) is 0 Å². The Hall–Kier alpha value is -3.38. The van der Waals surface area contributed by atoms with Crippen molar-refractivity contribution in [2.24, 2.45) is 11.7 Å². The normalized spacial score (nSPS) is 20.6. The molecule has 1 aromatic carbocycles. The molecule has 1 amide bonds. The predicted octanol–water partition coefficient (Wildman–Crippen LogP) is 6.47. The van der Waals surface area contributed by atoms with Crippen LogP contribution in [0.5, 0.6) is 0 Å². The Morgan fingerprint density at radius 2 is 2.03 bits per heavy atom. The Bertz CT molecular complexity index is 1230. The lowest BCUT2D eigenvalue weighted by atomic mass is 9.79. The molecule has 0 spiro atoms. The molecule has 35 heavy (non-hydrogen) atoms. The highest BCUT2D eigenvalue weighted by molar-refractivity contribution is 5.94. The molecule has 4 rings (SSSR count). The standard InChI is InChI=1S/C29H31F2N3O/c1-3-19-14-16-23(30)27(28(19)31)25-11-6-12-26(33-25)29(35)34-24-10-4-7-18(2)13-15-22(24)20-8-5-9-21(32)17-20/h3,6,10-16,20-21H,1,4-5,7-9,17,32H2,2H3,(H,34,35). The first kappa shape index (κ1) is 24.7. The Labute approximate surface area is 205 Å². The van der Waals surface area contributed by atoms with Crippen molar-refractivity contribution in [1.82, 2.24) is 10.3 Å². The number of nitrogens with two attached hydrogens (primary N) is 1. The van der Waals surface area contributed by atoms with Gasteiger partial charge in [-0.3, -0.25) is 4.79 Å². The summed E-state index contributed by atoms with van der Waals surface area (Å²) in [5.74, 6) is -1.67. The number of benzene rings is 1. The van der Waals surface area contributed by atoms with E-state index in [2.05, 4.69) is 42.0 Å². The number of hydrogen-bond donors (Lipinski definition) is 2. The summed E-state index contributed by atoms with van der Waals surface area (Å²) in [5.41, 5.74) is 9.39. The van der Waals surface area contributed by atoms with Gasteiger partial charge in [0.15, 0.2) is 0 Å². The molecule has 2 aromatic rings. The molecular weight excluding hydrogens is 444 g/mol. The molecule has 4 nitrogen and oxygen atoms in total. The fourth-order valence-corrected chi connectivity index (χ4v) is 4.80. The van der Waals surface area contributed by atoms with Crippen LogP contribution < -0.4 is 11.1 Å². The quantitative estimate of drug-likeness (QED) is 0.521. The SMILES string of the molecule is C=Cc1ccc(F)c(-c2cccc(C(=O)NC3=CCCC(C)=CC=C3C3CCCC(N)C3)n2)c1F. The van der Waals surface area contributed by atoms with Crippen LogP contribution in [0.3, 0.4) is 0 Å². The average Bonchev–Trinajstić information content (AvgIpc) is 2.83. The van der Waals surface area contributed by atoms with Crippen molar-refractivity contribution in [3.8, 4) is 11.3 Å². The monoisotopic (exact) mass is 475 g/mol. The van der Waals surface area contributed by atoms with Gasteiger partial charge in [-0.2, -0.15) is 0 Å². The molecule has 0 bridgehead atoms. The van der Waals surface area contributed by atoms with Crippen molar-refractivity contribution >= 4 is 12.0 Å². The zero-order chi connectivity index (χ0) is 24.9. The number of carbonyl (C=O) groups excluding carboxylic acids is 1. The van der Waals surface area contributed by atoms with E-state index in [-0.39, 0.29) is 34.5 Å². The summed E-state index contributed by atoms with van der Waals surface area (Å²) in [7, 11) is 0. The number of halogens is 2. The Morgan fingerprint density at radius 1 is 1.20 bits per heavy atom. The van der Waals surface area contributed by atoms with E-state index in [9.17, 15) is 13.6 Å². The lowest BCUT2D eigenvalue weighted by Gasteiger charge is -2.30. The molecule has 1 fully saturated rings. The number of pyridine rings is 1. The average molecular weight is 476 g/mol. The van der Waals surface area contributed by atoms with Crippen LogP contribution in [0.15, 0.2) is 72.0 Å². The molecular formula is C29H31F2N3O. The minimum absolute atomic E-state index is 0.0515. The first-order valence-corrected chi connectivity index (χ1v) is 12.1. The highest BCUT2D eigenvalue weighted by atomic mass is 19.1. The predicted molar refractivity (Wildman–Crippen MR) is 136 cm³/mol. The third-order valence-corrected chi connectivity index (χ3v) is 6.73. The topological polar surface area (TPSA) is 68.0 Å². The Balaban J connectivity index is 1.64. The molecule has 3 N–H and O–H groups in total. The van der Waals surface area contributed by atoms with Gasteiger partial charge in [-0.25, -0.2) is 13.8 Å². The lowest BCUT2D eigenvalue weighted by molar-refractivity contribution is 0.0961. The smallest absolute Gasteiger partial charge is 0.274 e. The van der Waals surface area contributed by atoms with E-state index in [0.717, 1.165) is 49.8 Å². The Kier molecular flexibility index (Phi) is 7.71. The number of rotatable bonds is 5. The van der Waals surface area contributed by atoms with Crippen LogP contribution in [0.2, 0.25) is 0 Å². The molecule has 2 aliphatic carbocycles. The molecule has 0 radical (unpaired) electrons. The van der Waals surface area contributed by atoms with Crippen LogP contribution in [-0.4, -0.2) is 16.9 Å². The molecule has 2 aliphatic rings. The second-order valence-electron chi connectivity index (χ2n) is 9.31. The molecule has 1 aromatic heterocycles. The summed E-state index contributed by atoms with van der Waals surface area (Å²) >= 11 is 0. The molecule has 2 atom stereocenters. The first-order valence-electron chi connectivity index (χ1n) is 12.1. The van der Waals surface area contributed by atoms with Crippen LogP contribution >= 0.6 is 0 Å². The fraction of sp³-hybridized carbons (Fsp3) is 0.310. The number of amides is 1. The van der Waals surface area contributed by atoms with E-state index < -0.39 is 17.5 Å². The highest BCUT2D eigenvalue weighted by Gasteiger charge is 2.26. The molecule has 1 heterocycles. The van der Waals surface area contributed by atoms with E-state index in [1.807, 2.05) is 0 Å². The van der Waals surface area contributed by atoms with E-state index in [4.69, 9.17) is 5.73 Å². The van der Waals surface area contributed by atoms with Crippen molar-refractivity contribution in [2.75, 3.05) is 0 Å². The van der Waals surface area contributed by atoms with E-state index in [1.54, 1.807) is 12.1 Å². The fourth-order valence-electron chi connectivity index (χ4n) is 4.80. The van der Waals surface area contributed by atoms with E-state index in [1.165, 1.54) is 29.8 Å². The number of allylic oxidation sites excluding steroid dienone is 5. The zero-order valence-electron chi connectivity index (χ0n) is 20.0. The number of aromatic nitrogens is 1. The third-order valence-electron chi connectivity index (χ3n) is 6.73. The molecule has 2 unspecified atom stereocenters. The van der Waals surface area contributed by atoms with Crippen LogP contribution in [0.4, 0.5) is 8.78 Å². The minimum atomic E-state index is -0.756. The second kappa shape index (κ2) is 10.9. The molecule has 6 heteroatoms. The first-order chi connectivity index (χ1) is 16.9. The number of carbonyl (C=O) groups is 1. The maximum Gasteiger partial charge on any atom is 0.274 e. The van der Waals surface area contributed by atoms with Crippen molar-refractivity contribution in [3.05, 3.63) is 94.9 Å². The van der Waals surface area contributed by atoms with Gasteiger partial charge < -0.3 is 11.1 Å². The highest BCUT2D eigenvalue weighted by Crippen LogP contribution is 2.34. The molecule has 1 saturated carbocycles. The summed E-state index contributed by atoms with van der Waals surface area (Å²) in [6.07, 6.45) is 13.2. The minimum Gasteiger partial charge on any atom is -0.328 e. The van der Waals surface area contributed by atoms with Gasteiger partial charge in [0, 0.05) is 17.3 Å². The summed E-state index contributed by atoms with van der Waals surface area (Å²) < 4.78 is 29.4. The van der Waals surface area contributed by atoms with Gasteiger partial charge in [0.25, 0.3) is 5.91 Å². The van der Waals surface area contributed by atoms with Gasteiger partial charge in [-0.15, -0.1) is 0 Å². The van der Waals surface area contributed by atoms with Crippen LogP contribution in [0.1, 0.15) is 61.5 Å². The van der Waals surface area contributed by atoms with Gasteiger partial charge in [-0.1, -0.05) is 48.9 Å². The Morgan fingerprint density at radius 3 is 2.80 bits per heavy atom. The number of hydrogen-bond acceptors (Lipinski definition) is 3. The number of nitrogens with zero attached hydrogens (tertiary/aromatic N) is 1. The summed E-state index contributed by atoms with van der Waals surface area (Å²) in [6, 6.07) is 7.25. The van der Waals surface area contributed by atoms with Gasteiger partial charge in [0.1, 0.15) is 17.3 Å². The second-order valence-corrected chi connectivity index (χ2v) is 9.31. The number of nitrogens with one attached hydrogen (secondary N) is 1. The lowest BCUT2D eigenvalue weighted by Crippen LogP contribution is -2.32. The van der Waals surface area contributed by atoms with Crippen molar-refractivity contribution in [1.29, 1.82) is 0 Å².